The Morgan fingerprint density at radius 1 is 1.00 bits per heavy atom. The molecule has 0 rings (SSSR count). The van der Waals surface area contributed by atoms with Crippen LogP contribution >= 0.6 is 0 Å². The second-order valence-corrected chi connectivity index (χ2v) is 8.45. The molecule has 1 unspecified atom stereocenters. The van der Waals surface area contributed by atoms with E-state index >= 15 is 0 Å². The standard InChI is InChI=1S/C17H37NO/c1-13(2)12-16(5,6)17(7,8)14(19)15(3,4)10-11-18-9/h13-14,18-19H,10-12H2,1-9H3. The summed E-state index contributed by atoms with van der Waals surface area (Å²) in [5.74, 6) is 0.655. The lowest BCUT2D eigenvalue weighted by molar-refractivity contribution is -0.106. The van der Waals surface area contributed by atoms with Crippen LogP contribution in [0.3, 0.4) is 0 Å². The van der Waals surface area contributed by atoms with Gasteiger partial charge in [-0.2, -0.15) is 0 Å². The quantitative estimate of drug-likeness (QED) is 0.697. The third-order valence-corrected chi connectivity index (χ3v) is 5.11. The van der Waals surface area contributed by atoms with Crippen LogP contribution < -0.4 is 5.32 Å². The first-order valence-electron chi connectivity index (χ1n) is 7.71. The maximum atomic E-state index is 11.0. The fourth-order valence-corrected chi connectivity index (χ4v) is 3.21. The zero-order valence-corrected chi connectivity index (χ0v) is 14.7. The second-order valence-electron chi connectivity index (χ2n) is 8.45. The van der Waals surface area contributed by atoms with Crippen LogP contribution in [0.5, 0.6) is 0 Å². The number of aliphatic hydroxyl groups excluding tert-OH is 1. The van der Waals surface area contributed by atoms with Gasteiger partial charge in [-0.3, -0.25) is 0 Å². The van der Waals surface area contributed by atoms with Gasteiger partial charge in [0.1, 0.15) is 0 Å². The summed E-state index contributed by atoms with van der Waals surface area (Å²) in [6.45, 7) is 18.9. The van der Waals surface area contributed by atoms with Gasteiger partial charge in [0, 0.05) is 0 Å². The van der Waals surface area contributed by atoms with Crippen molar-refractivity contribution in [3.8, 4) is 0 Å². The van der Waals surface area contributed by atoms with Gasteiger partial charge in [0.05, 0.1) is 6.10 Å². The topological polar surface area (TPSA) is 32.3 Å². The molecule has 0 heterocycles. The van der Waals surface area contributed by atoms with Crippen molar-refractivity contribution in [1.29, 1.82) is 0 Å². The summed E-state index contributed by atoms with van der Waals surface area (Å²) in [4.78, 5) is 0. The molecule has 0 aromatic heterocycles. The lowest BCUT2D eigenvalue weighted by atomic mass is 9.56. The van der Waals surface area contributed by atoms with Crippen molar-refractivity contribution in [2.45, 2.75) is 74.3 Å². The molecule has 2 nitrogen and oxygen atoms in total. The van der Waals surface area contributed by atoms with Crippen molar-refractivity contribution < 1.29 is 5.11 Å². The zero-order valence-electron chi connectivity index (χ0n) is 14.7. The van der Waals surface area contributed by atoms with Gasteiger partial charge in [-0.25, -0.2) is 0 Å². The van der Waals surface area contributed by atoms with Gasteiger partial charge in [-0.05, 0) is 48.6 Å². The predicted octanol–water partition coefficient (Wildman–Crippen LogP) is 4.08. The fraction of sp³-hybridized carbons (Fsp3) is 1.00. The molecule has 0 aromatic carbocycles. The number of nitrogens with one attached hydrogen (secondary N) is 1. The highest BCUT2D eigenvalue weighted by atomic mass is 16.3. The van der Waals surface area contributed by atoms with Crippen LogP contribution in [0, 0.1) is 22.2 Å². The largest absolute Gasteiger partial charge is 0.392 e. The lowest BCUT2D eigenvalue weighted by Crippen LogP contribution is -2.50. The highest BCUT2D eigenvalue weighted by Crippen LogP contribution is 2.50. The van der Waals surface area contributed by atoms with Gasteiger partial charge in [-0.15, -0.1) is 0 Å². The van der Waals surface area contributed by atoms with Gasteiger partial charge in [0.2, 0.25) is 0 Å². The maximum absolute atomic E-state index is 11.0. The minimum absolute atomic E-state index is 0.0687. The molecule has 0 radical (unpaired) electrons. The Bertz CT molecular complexity index is 266. The van der Waals surface area contributed by atoms with E-state index in [0.717, 1.165) is 19.4 Å². The van der Waals surface area contributed by atoms with Crippen molar-refractivity contribution in [2.24, 2.45) is 22.2 Å². The lowest BCUT2D eigenvalue weighted by Gasteiger charge is -2.51. The number of hydrogen-bond acceptors (Lipinski definition) is 2. The number of aliphatic hydroxyl groups is 1. The Morgan fingerprint density at radius 2 is 1.47 bits per heavy atom. The second kappa shape index (κ2) is 6.58. The third kappa shape index (κ3) is 4.75. The van der Waals surface area contributed by atoms with Gasteiger partial charge >= 0.3 is 0 Å². The van der Waals surface area contributed by atoms with Gasteiger partial charge in [0.25, 0.3) is 0 Å². The molecule has 0 fully saturated rings. The average Bonchev–Trinajstić information content (AvgIpc) is 2.23. The summed E-state index contributed by atoms with van der Waals surface area (Å²) in [6.07, 6.45) is 1.83. The molecule has 0 amide bonds. The first-order valence-corrected chi connectivity index (χ1v) is 7.71. The van der Waals surface area contributed by atoms with Crippen molar-refractivity contribution >= 4 is 0 Å². The maximum Gasteiger partial charge on any atom is 0.0647 e. The minimum Gasteiger partial charge on any atom is -0.392 e. The van der Waals surface area contributed by atoms with Crippen molar-refractivity contribution in [2.75, 3.05) is 13.6 Å². The Kier molecular flexibility index (Phi) is 6.55. The molecular weight excluding hydrogens is 234 g/mol. The fourth-order valence-electron chi connectivity index (χ4n) is 3.21. The van der Waals surface area contributed by atoms with E-state index in [0.29, 0.717) is 5.92 Å². The molecule has 0 saturated heterocycles. The first kappa shape index (κ1) is 18.9. The molecule has 19 heavy (non-hydrogen) atoms. The Labute approximate surface area is 121 Å². The SMILES string of the molecule is CNCCC(C)(C)C(O)C(C)(C)C(C)(C)CC(C)C. The molecule has 0 aliphatic heterocycles. The van der Waals surface area contributed by atoms with Crippen molar-refractivity contribution in [1.82, 2.24) is 5.32 Å². The van der Waals surface area contributed by atoms with Gasteiger partial charge in [0.15, 0.2) is 0 Å². The van der Waals surface area contributed by atoms with Gasteiger partial charge < -0.3 is 10.4 Å². The van der Waals surface area contributed by atoms with E-state index < -0.39 is 0 Å². The molecule has 0 aliphatic rings. The van der Waals surface area contributed by atoms with E-state index in [2.05, 4.69) is 60.7 Å². The minimum atomic E-state index is -0.304. The summed E-state index contributed by atoms with van der Waals surface area (Å²) in [6, 6.07) is 0. The summed E-state index contributed by atoms with van der Waals surface area (Å²) >= 11 is 0. The summed E-state index contributed by atoms with van der Waals surface area (Å²) < 4.78 is 0. The molecule has 0 spiro atoms. The number of rotatable bonds is 8. The smallest absolute Gasteiger partial charge is 0.0647 e. The van der Waals surface area contributed by atoms with Gasteiger partial charge in [-0.1, -0.05) is 55.4 Å². The summed E-state index contributed by atoms with van der Waals surface area (Å²) in [7, 11) is 1.97. The molecule has 0 bridgehead atoms. The predicted molar refractivity (Wildman–Crippen MR) is 85.3 cm³/mol. The van der Waals surface area contributed by atoms with Crippen LogP contribution in [0.1, 0.15) is 68.2 Å². The Balaban J connectivity index is 5.06. The van der Waals surface area contributed by atoms with E-state index in [9.17, 15) is 5.11 Å². The van der Waals surface area contributed by atoms with E-state index in [1.54, 1.807) is 0 Å². The van der Waals surface area contributed by atoms with Crippen LogP contribution in [0.25, 0.3) is 0 Å². The Morgan fingerprint density at radius 3 is 1.84 bits per heavy atom. The normalized spacial score (nSPS) is 15.9. The van der Waals surface area contributed by atoms with E-state index in [1.165, 1.54) is 0 Å². The van der Waals surface area contributed by atoms with Crippen LogP contribution in [-0.4, -0.2) is 24.8 Å². The third-order valence-electron chi connectivity index (χ3n) is 5.11. The molecule has 1 atom stereocenters. The molecule has 0 aliphatic carbocycles. The highest BCUT2D eigenvalue weighted by Gasteiger charge is 2.47. The summed E-state index contributed by atoms with van der Waals surface area (Å²) in [5.41, 5.74) is -0.0488. The van der Waals surface area contributed by atoms with Crippen LogP contribution in [0.15, 0.2) is 0 Å². The average molecular weight is 271 g/mol. The highest BCUT2D eigenvalue weighted by molar-refractivity contribution is 4.97. The molecule has 116 valence electrons. The zero-order chi connectivity index (χ0) is 15.5. The number of hydrogen-bond donors (Lipinski definition) is 2. The van der Waals surface area contributed by atoms with Crippen LogP contribution in [-0.2, 0) is 0 Å². The molecular formula is C17H37NO. The van der Waals surface area contributed by atoms with E-state index in [-0.39, 0.29) is 22.3 Å². The monoisotopic (exact) mass is 271 g/mol. The van der Waals surface area contributed by atoms with Crippen molar-refractivity contribution in [3.63, 3.8) is 0 Å². The molecule has 2 N–H and O–H groups in total. The molecule has 0 aromatic rings. The van der Waals surface area contributed by atoms with Crippen LogP contribution in [0.2, 0.25) is 0 Å². The van der Waals surface area contributed by atoms with Crippen LogP contribution in [0.4, 0.5) is 0 Å². The molecule has 0 saturated carbocycles. The van der Waals surface area contributed by atoms with Crippen molar-refractivity contribution in [3.05, 3.63) is 0 Å². The van der Waals surface area contributed by atoms with E-state index in [1.807, 2.05) is 7.05 Å². The van der Waals surface area contributed by atoms with E-state index in [4.69, 9.17) is 0 Å². The first-order chi connectivity index (χ1) is 8.38. The molecule has 2 heteroatoms. The summed E-state index contributed by atoms with van der Waals surface area (Å²) in [5, 5.41) is 14.1. The Hall–Kier alpha value is -0.0800.